The second-order valence-electron chi connectivity index (χ2n) is 5.91. The van der Waals surface area contributed by atoms with E-state index < -0.39 is 16.7 Å². The van der Waals surface area contributed by atoms with E-state index in [1.807, 2.05) is 0 Å². The highest BCUT2D eigenvalue weighted by Gasteiger charge is 2.34. The highest BCUT2D eigenvalue weighted by molar-refractivity contribution is 6.31. The monoisotopic (exact) mass is 366 g/mol. The third-order valence-electron chi connectivity index (χ3n) is 4.45. The standard InChI is InChI=1S/C19H11ClN2O4/c20-15-7-2-1-4-11(15)10-21-18(23)13-6-3-5-12-16(22(25)26)9-8-14(17(12)13)19(21)24/h1-9H,10H2. The minimum Gasteiger partial charge on any atom is -0.270 e. The number of carbonyl (C=O) groups excluding carboxylic acids is 2. The first-order valence-electron chi connectivity index (χ1n) is 7.79. The minimum absolute atomic E-state index is 0.0319. The lowest BCUT2D eigenvalue weighted by atomic mass is 9.93. The van der Waals surface area contributed by atoms with E-state index >= 15 is 0 Å². The van der Waals surface area contributed by atoms with Gasteiger partial charge >= 0.3 is 0 Å². The van der Waals surface area contributed by atoms with Crippen molar-refractivity contribution in [3.8, 4) is 0 Å². The van der Waals surface area contributed by atoms with Crippen LogP contribution in [0.5, 0.6) is 0 Å². The van der Waals surface area contributed by atoms with Crippen molar-refractivity contribution in [1.29, 1.82) is 0 Å². The first-order valence-corrected chi connectivity index (χ1v) is 8.16. The molecule has 1 aliphatic heterocycles. The van der Waals surface area contributed by atoms with Crippen molar-refractivity contribution in [1.82, 2.24) is 4.90 Å². The summed E-state index contributed by atoms with van der Waals surface area (Å²) in [6.07, 6.45) is 0. The third kappa shape index (κ3) is 2.34. The number of hydrogen-bond donors (Lipinski definition) is 0. The molecule has 0 aliphatic carbocycles. The highest BCUT2D eigenvalue weighted by Crippen LogP contribution is 2.36. The van der Waals surface area contributed by atoms with Gasteiger partial charge in [-0.3, -0.25) is 24.6 Å². The van der Waals surface area contributed by atoms with Crippen molar-refractivity contribution in [2.75, 3.05) is 0 Å². The predicted molar refractivity (Wildman–Crippen MR) is 96.3 cm³/mol. The van der Waals surface area contributed by atoms with Gasteiger partial charge in [-0.05, 0) is 29.8 Å². The first kappa shape index (κ1) is 16.2. The summed E-state index contributed by atoms with van der Waals surface area (Å²) in [5.41, 5.74) is 1.06. The summed E-state index contributed by atoms with van der Waals surface area (Å²) in [7, 11) is 0. The van der Waals surface area contributed by atoms with E-state index in [0.29, 0.717) is 16.0 Å². The van der Waals surface area contributed by atoms with Crippen LogP contribution in [-0.2, 0) is 6.54 Å². The first-order chi connectivity index (χ1) is 12.5. The smallest absolute Gasteiger partial charge is 0.270 e. The lowest BCUT2D eigenvalue weighted by molar-refractivity contribution is -0.383. The van der Waals surface area contributed by atoms with E-state index in [1.165, 1.54) is 12.1 Å². The average Bonchev–Trinajstić information content (AvgIpc) is 2.64. The number of nitro benzene ring substituents is 1. The van der Waals surface area contributed by atoms with Crippen LogP contribution >= 0.6 is 11.6 Å². The van der Waals surface area contributed by atoms with Gasteiger partial charge in [0.2, 0.25) is 0 Å². The zero-order valence-corrected chi connectivity index (χ0v) is 14.1. The zero-order chi connectivity index (χ0) is 18.4. The Morgan fingerprint density at radius 1 is 0.923 bits per heavy atom. The molecule has 1 heterocycles. The van der Waals surface area contributed by atoms with Crippen molar-refractivity contribution in [3.05, 3.63) is 86.4 Å². The molecule has 6 nitrogen and oxygen atoms in total. The quantitative estimate of drug-likeness (QED) is 0.395. The molecule has 7 heteroatoms. The molecule has 0 saturated heterocycles. The van der Waals surface area contributed by atoms with Gasteiger partial charge < -0.3 is 0 Å². The van der Waals surface area contributed by atoms with Crippen molar-refractivity contribution >= 4 is 39.9 Å². The maximum Gasteiger partial charge on any atom is 0.277 e. The molecule has 3 aromatic carbocycles. The number of carbonyl (C=O) groups is 2. The third-order valence-corrected chi connectivity index (χ3v) is 4.82. The molecule has 0 bridgehead atoms. The summed E-state index contributed by atoms with van der Waals surface area (Å²) in [6.45, 7) is 0.0319. The minimum atomic E-state index is -0.520. The summed E-state index contributed by atoms with van der Waals surface area (Å²) < 4.78 is 0. The van der Waals surface area contributed by atoms with Gasteiger partial charge in [0.15, 0.2) is 0 Å². The van der Waals surface area contributed by atoms with Gasteiger partial charge in [-0.1, -0.05) is 35.9 Å². The van der Waals surface area contributed by atoms with Crippen molar-refractivity contribution in [2.45, 2.75) is 6.54 Å². The Morgan fingerprint density at radius 3 is 2.31 bits per heavy atom. The predicted octanol–water partition coefficient (Wildman–Crippen LogP) is 4.20. The van der Waals surface area contributed by atoms with Crippen molar-refractivity contribution in [3.63, 3.8) is 0 Å². The van der Waals surface area contributed by atoms with Gasteiger partial charge in [-0.25, -0.2) is 0 Å². The van der Waals surface area contributed by atoms with Gasteiger partial charge in [0.25, 0.3) is 17.5 Å². The summed E-state index contributed by atoms with van der Waals surface area (Å²) >= 11 is 6.15. The molecule has 0 fully saturated rings. The molecule has 0 aromatic heterocycles. The Morgan fingerprint density at radius 2 is 1.62 bits per heavy atom. The van der Waals surface area contributed by atoms with Crippen LogP contribution in [0.2, 0.25) is 5.02 Å². The molecular weight excluding hydrogens is 356 g/mol. The molecule has 0 unspecified atom stereocenters. The van der Waals surface area contributed by atoms with Crippen molar-refractivity contribution < 1.29 is 14.5 Å². The van der Waals surface area contributed by atoms with E-state index in [9.17, 15) is 19.7 Å². The van der Waals surface area contributed by atoms with Crippen LogP contribution in [0.15, 0.2) is 54.6 Å². The SMILES string of the molecule is O=C1c2cccc3c([N+](=O)[O-])ccc(c23)C(=O)N1Cc1ccccc1Cl. The molecule has 0 spiro atoms. The number of imide groups is 1. The van der Waals surface area contributed by atoms with Gasteiger partial charge in [-0.15, -0.1) is 0 Å². The number of hydrogen-bond acceptors (Lipinski definition) is 4. The fraction of sp³-hybridized carbons (Fsp3) is 0.0526. The molecule has 128 valence electrons. The number of nitrogens with zero attached hydrogens (tertiary/aromatic N) is 2. The summed E-state index contributed by atoms with van der Waals surface area (Å²) in [4.78, 5) is 37.7. The fourth-order valence-electron chi connectivity index (χ4n) is 3.23. The van der Waals surface area contributed by atoms with Crippen molar-refractivity contribution in [2.24, 2.45) is 0 Å². The second kappa shape index (κ2) is 5.93. The van der Waals surface area contributed by atoms with Crippen LogP contribution in [0, 0.1) is 10.1 Å². The molecule has 26 heavy (non-hydrogen) atoms. The van der Waals surface area contributed by atoms with Crippen LogP contribution in [0.25, 0.3) is 10.8 Å². The highest BCUT2D eigenvalue weighted by atomic mass is 35.5. The molecule has 2 amide bonds. The second-order valence-corrected chi connectivity index (χ2v) is 6.31. The lowest BCUT2D eigenvalue weighted by Crippen LogP contribution is -2.39. The van der Waals surface area contributed by atoms with Crippen LogP contribution < -0.4 is 0 Å². The summed E-state index contributed by atoms with van der Waals surface area (Å²) in [5.74, 6) is -0.984. The Hall–Kier alpha value is -3.25. The Labute approximate surface area is 152 Å². The molecular formula is C19H11ClN2O4. The molecule has 4 rings (SSSR count). The molecule has 1 aliphatic rings. The summed E-state index contributed by atoms with van der Waals surface area (Å²) in [6, 6.07) is 14.4. The number of rotatable bonds is 3. The fourth-order valence-corrected chi connectivity index (χ4v) is 3.43. The normalized spacial score (nSPS) is 13.3. The topological polar surface area (TPSA) is 80.5 Å². The van der Waals surface area contributed by atoms with Crippen LogP contribution in [0.1, 0.15) is 26.3 Å². The summed E-state index contributed by atoms with van der Waals surface area (Å²) in [5, 5.41) is 12.3. The van der Waals surface area contributed by atoms with E-state index in [4.69, 9.17) is 11.6 Å². The molecule has 0 atom stereocenters. The van der Waals surface area contributed by atoms with Gasteiger partial charge in [0.05, 0.1) is 16.9 Å². The maximum atomic E-state index is 12.9. The number of benzene rings is 3. The Kier molecular flexibility index (Phi) is 3.70. The van der Waals surface area contributed by atoms with E-state index in [2.05, 4.69) is 0 Å². The number of amides is 2. The number of nitro groups is 1. The molecule has 3 aromatic rings. The lowest BCUT2D eigenvalue weighted by Gasteiger charge is -2.27. The van der Waals surface area contributed by atoms with Gasteiger partial charge in [0, 0.05) is 27.6 Å². The van der Waals surface area contributed by atoms with Gasteiger partial charge in [-0.2, -0.15) is 0 Å². The number of non-ortho nitro benzene ring substituents is 1. The largest absolute Gasteiger partial charge is 0.277 e. The number of halogens is 1. The zero-order valence-electron chi connectivity index (χ0n) is 13.3. The Balaban J connectivity index is 1.88. The van der Waals surface area contributed by atoms with E-state index in [1.54, 1.807) is 42.5 Å². The maximum absolute atomic E-state index is 12.9. The molecule has 0 saturated carbocycles. The molecule has 0 N–H and O–H groups in total. The van der Waals surface area contributed by atoms with Crippen LogP contribution in [0.4, 0.5) is 5.69 Å². The van der Waals surface area contributed by atoms with E-state index in [-0.39, 0.29) is 28.7 Å². The van der Waals surface area contributed by atoms with Crippen LogP contribution in [-0.4, -0.2) is 21.6 Å². The Bertz CT molecular complexity index is 1090. The van der Waals surface area contributed by atoms with Gasteiger partial charge in [0.1, 0.15) is 0 Å². The van der Waals surface area contributed by atoms with Crippen LogP contribution in [0.3, 0.4) is 0 Å². The average molecular weight is 367 g/mol. The molecule has 0 radical (unpaired) electrons. The van der Waals surface area contributed by atoms with E-state index in [0.717, 1.165) is 4.90 Å².